The average Bonchev–Trinajstić information content (AvgIpc) is 2.17. The van der Waals surface area contributed by atoms with Gasteiger partial charge < -0.3 is 4.90 Å². The normalized spacial score (nSPS) is 11.8. The number of hydrogen-bond donors (Lipinski definition) is 0. The highest BCUT2D eigenvalue weighted by Gasteiger charge is 2.18. The van der Waals surface area contributed by atoms with Crippen LogP contribution < -0.4 is 4.90 Å². The molecule has 0 fully saturated rings. The molecule has 0 N–H and O–H groups in total. The molecule has 4 heteroatoms. The highest BCUT2D eigenvalue weighted by atomic mass is 32.2. The van der Waals surface area contributed by atoms with Crippen molar-refractivity contribution in [2.75, 3.05) is 19.0 Å². The van der Waals surface area contributed by atoms with E-state index in [9.17, 15) is 8.42 Å². The van der Waals surface area contributed by atoms with Gasteiger partial charge in [0, 0.05) is 19.8 Å². The first-order chi connectivity index (χ1) is 6.85. The molecule has 1 aromatic rings. The maximum Gasteiger partial charge on any atom is 0.180 e. The molecule has 0 saturated heterocycles. The highest BCUT2D eigenvalue weighted by Crippen LogP contribution is 2.19. The highest BCUT2D eigenvalue weighted by molar-refractivity contribution is 7.92. The molecule has 84 valence electrons. The Morgan fingerprint density at radius 3 is 1.87 bits per heavy atom. The van der Waals surface area contributed by atoms with E-state index in [1.807, 2.05) is 31.1 Å². The summed E-state index contributed by atoms with van der Waals surface area (Å²) >= 11 is 0. The van der Waals surface area contributed by atoms with E-state index in [1.165, 1.54) is 0 Å². The van der Waals surface area contributed by atoms with E-state index in [0.717, 1.165) is 5.69 Å². The summed E-state index contributed by atoms with van der Waals surface area (Å²) in [5, 5.41) is -0.372. The Hall–Kier alpha value is -1.03. The summed E-state index contributed by atoms with van der Waals surface area (Å²) in [4.78, 5) is 2.33. The fourth-order valence-corrected chi connectivity index (χ4v) is 2.27. The average molecular weight is 227 g/mol. The monoisotopic (exact) mass is 227 g/mol. The van der Waals surface area contributed by atoms with Crippen molar-refractivity contribution in [3.05, 3.63) is 24.3 Å². The quantitative estimate of drug-likeness (QED) is 0.792. The minimum Gasteiger partial charge on any atom is -0.378 e. The van der Waals surface area contributed by atoms with Gasteiger partial charge in [0.1, 0.15) is 0 Å². The van der Waals surface area contributed by atoms with Crippen LogP contribution in [0.1, 0.15) is 13.8 Å². The van der Waals surface area contributed by atoms with Gasteiger partial charge in [-0.05, 0) is 38.1 Å². The van der Waals surface area contributed by atoms with Gasteiger partial charge in [0.15, 0.2) is 9.84 Å². The summed E-state index contributed by atoms with van der Waals surface area (Å²) in [5.41, 5.74) is 0.998. The Morgan fingerprint density at radius 1 is 1.07 bits per heavy atom. The molecule has 0 amide bonds. The lowest BCUT2D eigenvalue weighted by atomic mass is 10.3. The molecule has 0 bridgehead atoms. The van der Waals surface area contributed by atoms with Crippen molar-refractivity contribution in [3.63, 3.8) is 0 Å². The van der Waals surface area contributed by atoms with Crippen molar-refractivity contribution < 1.29 is 8.42 Å². The summed E-state index contributed by atoms with van der Waals surface area (Å²) in [6.45, 7) is 3.38. The first-order valence-corrected chi connectivity index (χ1v) is 6.41. The molecule has 3 nitrogen and oxygen atoms in total. The van der Waals surface area contributed by atoms with E-state index in [1.54, 1.807) is 26.0 Å². The van der Waals surface area contributed by atoms with Crippen molar-refractivity contribution in [1.82, 2.24) is 0 Å². The second-order valence-corrected chi connectivity index (χ2v) is 6.49. The summed E-state index contributed by atoms with van der Waals surface area (Å²) in [5.74, 6) is 0. The Kier molecular flexibility index (Phi) is 3.39. The molecule has 0 aliphatic rings. The van der Waals surface area contributed by atoms with Gasteiger partial charge in [-0.15, -0.1) is 0 Å². The molecule has 0 radical (unpaired) electrons. The number of benzene rings is 1. The summed E-state index contributed by atoms with van der Waals surface area (Å²) in [7, 11) is 0.707. The molecule has 0 aliphatic heterocycles. The van der Waals surface area contributed by atoms with Gasteiger partial charge in [-0.3, -0.25) is 0 Å². The minimum atomic E-state index is -3.14. The third-order valence-electron chi connectivity index (χ3n) is 2.30. The number of nitrogens with zero attached hydrogens (tertiary/aromatic N) is 1. The third-order valence-corrected chi connectivity index (χ3v) is 4.47. The summed E-state index contributed by atoms with van der Waals surface area (Å²) in [6.07, 6.45) is 0. The van der Waals surface area contributed by atoms with Crippen LogP contribution in [-0.2, 0) is 9.84 Å². The van der Waals surface area contributed by atoms with Gasteiger partial charge in [-0.1, -0.05) is 0 Å². The zero-order chi connectivity index (χ0) is 11.6. The summed E-state index contributed by atoms with van der Waals surface area (Å²) in [6, 6.07) is 6.94. The van der Waals surface area contributed by atoms with Gasteiger partial charge in [0.2, 0.25) is 0 Å². The van der Waals surface area contributed by atoms with Crippen LogP contribution in [0.4, 0.5) is 5.69 Å². The van der Waals surface area contributed by atoms with Crippen LogP contribution in [0, 0.1) is 0 Å². The molecular weight excluding hydrogens is 210 g/mol. The van der Waals surface area contributed by atoms with Gasteiger partial charge in [-0.2, -0.15) is 0 Å². The van der Waals surface area contributed by atoms with Crippen LogP contribution in [0.25, 0.3) is 0 Å². The van der Waals surface area contributed by atoms with Crippen molar-refractivity contribution in [2.24, 2.45) is 0 Å². The van der Waals surface area contributed by atoms with Gasteiger partial charge in [-0.25, -0.2) is 8.42 Å². The van der Waals surface area contributed by atoms with Crippen LogP contribution in [0.2, 0.25) is 0 Å². The number of rotatable bonds is 3. The largest absolute Gasteiger partial charge is 0.378 e. The molecule has 0 aromatic heterocycles. The number of sulfone groups is 1. The lowest BCUT2D eigenvalue weighted by Crippen LogP contribution is -2.14. The van der Waals surface area contributed by atoms with Crippen molar-refractivity contribution in [2.45, 2.75) is 24.0 Å². The van der Waals surface area contributed by atoms with Gasteiger partial charge >= 0.3 is 0 Å². The van der Waals surface area contributed by atoms with E-state index in [-0.39, 0.29) is 5.25 Å². The lowest BCUT2D eigenvalue weighted by Gasteiger charge is -2.13. The zero-order valence-corrected chi connectivity index (χ0v) is 10.4. The summed E-state index contributed by atoms with van der Waals surface area (Å²) < 4.78 is 23.6. The Balaban J connectivity index is 3.10. The van der Waals surface area contributed by atoms with Crippen LogP contribution in [-0.4, -0.2) is 27.8 Å². The Bertz CT molecular complexity index is 418. The molecule has 0 unspecified atom stereocenters. The molecule has 0 saturated carbocycles. The first-order valence-electron chi connectivity index (χ1n) is 4.87. The topological polar surface area (TPSA) is 37.4 Å². The van der Waals surface area contributed by atoms with Crippen LogP contribution in [0.15, 0.2) is 29.2 Å². The third kappa shape index (κ3) is 2.50. The van der Waals surface area contributed by atoms with Gasteiger partial charge in [0.05, 0.1) is 10.1 Å². The van der Waals surface area contributed by atoms with E-state index in [4.69, 9.17) is 0 Å². The molecule has 0 aliphatic carbocycles. The fourth-order valence-electron chi connectivity index (χ4n) is 1.21. The maximum atomic E-state index is 11.8. The first kappa shape index (κ1) is 12.0. The predicted molar refractivity (Wildman–Crippen MR) is 63.1 cm³/mol. The van der Waals surface area contributed by atoms with Crippen LogP contribution in [0.3, 0.4) is 0 Å². The SMILES string of the molecule is CC(C)S(=O)(=O)c1ccc(N(C)C)cc1. The maximum absolute atomic E-state index is 11.8. The molecule has 1 aromatic carbocycles. The Labute approximate surface area is 91.6 Å². The van der Waals surface area contributed by atoms with Gasteiger partial charge in [0.25, 0.3) is 0 Å². The van der Waals surface area contributed by atoms with E-state index < -0.39 is 9.84 Å². The Morgan fingerprint density at radius 2 is 1.53 bits per heavy atom. The smallest absolute Gasteiger partial charge is 0.180 e. The van der Waals surface area contributed by atoms with Crippen LogP contribution >= 0.6 is 0 Å². The van der Waals surface area contributed by atoms with Crippen LogP contribution in [0.5, 0.6) is 0 Å². The molecule has 0 atom stereocenters. The predicted octanol–water partition coefficient (Wildman–Crippen LogP) is 1.93. The number of anilines is 1. The second kappa shape index (κ2) is 4.23. The van der Waals surface area contributed by atoms with Crippen molar-refractivity contribution >= 4 is 15.5 Å². The minimum absolute atomic E-state index is 0.372. The molecular formula is C11H17NO2S. The van der Waals surface area contributed by atoms with Crippen molar-refractivity contribution in [3.8, 4) is 0 Å². The van der Waals surface area contributed by atoms with E-state index in [0.29, 0.717) is 4.90 Å². The zero-order valence-electron chi connectivity index (χ0n) is 9.56. The lowest BCUT2D eigenvalue weighted by molar-refractivity contribution is 0.587. The van der Waals surface area contributed by atoms with Crippen molar-refractivity contribution in [1.29, 1.82) is 0 Å². The molecule has 15 heavy (non-hydrogen) atoms. The molecule has 0 spiro atoms. The number of hydrogen-bond acceptors (Lipinski definition) is 3. The van der Waals surface area contributed by atoms with E-state index >= 15 is 0 Å². The second-order valence-electron chi connectivity index (χ2n) is 3.98. The fraction of sp³-hybridized carbons (Fsp3) is 0.455. The molecule has 1 rings (SSSR count). The van der Waals surface area contributed by atoms with E-state index in [2.05, 4.69) is 0 Å². The standard InChI is InChI=1S/C11H17NO2S/c1-9(2)15(13,14)11-7-5-10(6-8-11)12(3)4/h5-9H,1-4H3. The molecule has 0 heterocycles.